The zero-order valence-corrected chi connectivity index (χ0v) is 9.68. The molecule has 0 aromatic heterocycles. The highest BCUT2D eigenvalue weighted by molar-refractivity contribution is 7.86. The van der Waals surface area contributed by atoms with E-state index in [4.69, 9.17) is 5.73 Å². The van der Waals surface area contributed by atoms with Gasteiger partial charge in [0.05, 0.1) is 5.69 Å². The Kier molecular flexibility index (Phi) is 3.89. The van der Waals surface area contributed by atoms with Gasteiger partial charge < -0.3 is 10.8 Å². The molecule has 0 amide bonds. The second-order valence-corrected chi connectivity index (χ2v) is 4.49. The van der Waals surface area contributed by atoms with Gasteiger partial charge in [0.25, 0.3) is 10.2 Å². The molecule has 17 heavy (non-hydrogen) atoms. The largest absolute Gasteiger partial charge is 0.505 e. The molecule has 0 heterocycles. The van der Waals surface area contributed by atoms with E-state index in [1.165, 1.54) is 0 Å². The van der Waals surface area contributed by atoms with Crippen LogP contribution in [0.1, 0.15) is 0 Å². The van der Waals surface area contributed by atoms with Crippen molar-refractivity contribution in [2.24, 2.45) is 10.3 Å². The van der Waals surface area contributed by atoms with Gasteiger partial charge in [-0.05, 0) is 11.5 Å². The van der Waals surface area contributed by atoms with Crippen molar-refractivity contribution >= 4 is 26.7 Å². The van der Waals surface area contributed by atoms with Gasteiger partial charge in [0.1, 0.15) is 5.75 Å². The quantitative estimate of drug-likeness (QED) is 0.397. The topological polar surface area (TPSA) is 132 Å². The third-order valence-electron chi connectivity index (χ3n) is 1.93. The van der Waals surface area contributed by atoms with Crippen LogP contribution in [0.2, 0.25) is 0 Å². The molecule has 0 bridgehead atoms. The number of phenolic OH excluding ortho intramolecular Hbond substituents is 1. The average molecular weight is 255 g/mol. The van der Waals surface area contributed by atoms with Crippen molar-refractivity contribution in [2.75, 3.05) is 5.73 Å². The van der Waals surface area contributed by atoms with Gasteiger partial charge in [-0.1, -0.05) is 30.3 Å². The molecule has 0 aliphatic heterocycles. The predicted octanol–water partition coefficient (Wildman–Crippen LogP) is 0.276. The van der Waals surface area contributed by atoms with Crippen LogP contribution in [0.4, 0.5) is 5.69 Å². The Morgan fingerprint density at radius 2 is 1.53 bits per heavy atom. The third kappa shape index (κ3) is 4.27. The van der Waals surface area contributed by atoms with E-state index in [0.29, 0.717) is 5.69 Å². The number of benzene rings is 2. The van der Waals surface area contributed by atoms with E-state index in [1.807, 2.05) is 30.3 Å². The normalized spacial score (nSPS) is 10.7. The molecule has 0 radical (unpaired) electrons. The summed E-state index contributed by atoms with van der Waals surface area (Å²) in [6, 6.07) is 11.2. The summed E-state index contributed by atoms with van der Waals surface area (Å²) in [5.74, 6) is 0.174. The Morgan fingerprint density at radius 3 is 2.12 bits per heavy atom. The van der Waals surface area contributed by atoms with Crippen LogP contribution in [-0.4, -0.2) is 13.5 Å². The maximum Gasteiger partial charge on any atom is 0.271 e. The lowest BCUT2D eigenvalue weighted by molar-refractivity contribution is 0.484. The monoisotopic (exact) mass is 255 g/mol. The summed E-state index contributed by atoms with van der Waals surface area (Å²) in [5, 5.41) is 19.5. The first-order chi connectivity index (χ1) is 7.79. The minimum Gasteiger partial charge on any atom is -0.505 e. The number of fused-ring (bicyclic) bond motifs is 1. The molecule has 0 saturated carbocycles. The molecule has 92 valence electrons. The van der Waals surface area contributed by atoms with Crippen LogP contribution in [0.15, 0.2) is 36.4 Å². The first kappa shape index (κ1) is 13.2. The highest BCUT2D eigenvalue weighted by Gasteiger charge is 2.00. The lowest BCUT2D eigenvalue weighted by Crippen LogP contribution is -2.21. The van der Waals surface area contributed by atoms with Crippen molar-refractivity contribution in [3.63, 3.8) is 0 Å². The van der Waals surface area contributed by atoms with Gasteiger partial charge in [-0.3, -0.25) is 0 Å². The molecule has 0 unspecified atom stereocenters. The van der Waals surface area contributed by atoms with Crippen LogP contribution < -0.4 is 16.0 Å². The fourth-order valence-electron chi connectivity index (χ4n) is 1.27. The molecule has 0 saturated heterocycles. The van der Waals surface area contributed by atoms with E-state index in [0.717, 1.165) is 10.8 Å². The molecule has 0 aliphatic carbocycles. The number of rotatable bonds is 0. The van der Waals surface area contributed by atoms with Gasteiger partial charge in [-0.15, -0.1) is 0 Å². The number of hydrogen-bond donors (Lipinski definition) is 4. The lowest BCUT2D eigenvalue weighted by atomic mass is 10.1. The van der Waals surface area contributed by atoms with E-state index in [-0.39, 0.29) is 5.75 Å². The van der Waals surface area contributed by atoms with Crippen molar-refractivity contribution in [3.05, 3.63) is 36.4 Å². The minimum absolute atomic E-state index is 0.174. The third-order valence-corrected chi connectivity index (χ3v) is 1.93. The summed E-state index contributed by atoms with van der Waals surface area (Å²) in [6.07, 6.45) is 0. The first-order valence-electron chi connectivity index (χ1n) is 4.56. The van der Waals surface area contributed by atoms with Crippen LogP contribution in [0.25, 0.3) is 10.8 Å². The maximum atomic E-state index is 9.53. The standard InChI is InChI=1S/C10H9NO.H4N2O2S/c11-9-6-5-7-3-1-2-4-8(7)10(9)12;1-5(2,3)4/h1-6,12H,11H2;(H4,1,2,3,4). The smallest absolute Gasteiger partial charge is 0.271 e. The summed E-state index contributed by atoms with van der Waals surface area (Å²) in [7, 11) is -3.67. The molecular formula is C10H13N3O3S. The van der Waals surface area contributed by atoms with E-state index >= 15 is 0 Å². The second-order valence-electron chi connectivity index (χ2n) is 3.31. The van der Waals surface area contributed by atoms with E-state index in [9.17, 15) is 13.5 Å². The summed E-state index contributed by atoms with van der Waals surface area (Å²) < 4.78 is 18.4. The molecule has 2 aromatic carbocycles. The Bertz CT molecular complexity index is 618. The van der Waals surface area contributed by atoms with Crippen molar-refractivity contribution in [1.82, 2.24) is 0 Å². The lowest BCUT2D eigenvalue weighted by Gasteiger charge is -2.02. The number of aromatic hydroxyl groups is 1. The predicted molar refractivity (Wildman–Crippen MR) is 67.3 cm³/mol. The molecule has 0 fully saturated rings. The van der Waals surface area contributed by atoms with Crippen LogP contribution in [0.3, 0.4) is 0 Å². The molecule has 0 spiro atoms. The Hall–Kier alpha value is -1.83. The van der Waals surface area contributed by atoms with Crippen molar-refractivity contribution in [2.45, 2.75) is 0 Å². The number of phenols is 1. The molecule has 0 atom stereocenters. The SMILES string of the molecule is NS(N)(=O)=O.Nc1ccc2ccccc2c1O. The van der Waals surface area contributed by atoms with Crippen LogP contribution in [-0.2, 0) is 10.2 Å². The zero-order chi connectivity index (χ0) is 13.1. The van der Waals surface area contributed by atoms with Gasteiger partial charge >= 0.3 is 0 Å². The summed E-state index contributed by atoms with van der Waals surface area (Å²) >= 11 is 0. The van der Waals surface area contributed by atoms with Crippen molar-refractivity contribution in [1.29, 1.82) is 0 Å². The average Bonchev–Trinajstić information content (AvgIpc) is 2.22. The molecule has 7 heteroatoms. The first-order valence-corrected chi connectivity index (χ1v) is 6.16. The molecule has 0 aliphatic rings. The zero-order valence-electron chi connectivity index (χ0n) is 8.87. The van der Waals surface area contributed by atoms with Gasteiger partial charge in [0, 0.05) is 5.39 Å². The van der Waals surface area contributed by atoms with Gasteiger partial charge in [0.15, 0.2) is 0 Å². The van der Waals surface area contributed by atoms with Gasteiger partial charge in [-0.25, -0.2) is 10.3 Å². The van der Waals surface area contributed by atoms with E-state index in [2.05, 4.69) is 10.3 Å². The van der Waals surface area contributed by atoms with E-state index in [1.54, 1.807) is 6.07 Å². The summed E-state index contributed by atoms with van der Waals surface area (Å²) in [6.45, 7) is 0. The summed E-state index contributed by atoms with van der Waals surface area (Å²) in [4.78, 5) is 0. The molecule has 2 aromatic rings. The van der Waals surface area contributed by atoms with Crippen LogP contribution in [0.5, 0.6) is 5.75 Å². The Balaban J connectivity index is 0.000000249. The molecule has 2 rings (SSSR count). The van der Waals surface area contributed by atoms with Gasteiger partial charge in [0.2, 0.25) is 0 Å². The highest BCUT2D eigenvalue weighted by atomic mass is 32.2. The number of nitrogen functional groups attached to an aromatic ring is 1. The fraction of sp³-hybridized carbons (Fsp3) is 0. The molecule has 7 N–H and O–H groups in total. The maximum absolute atomic E-state index is 9.53. The minimum atomic E-state index is -3.67. The fourth-order valence-corrected chi connectivity index (χ4v) is 1.27. The second kappa shape index (κ2) is 5.00. The van der Waals surface area contributed by atoms with Crippen LogP contribution >= 0.6 is 0 Å². The van der Waals surface area contributed by atoms with Crippen molar-refractivity contribution < 1.29 is 13.5 Å². The Labute approximate surface area is 98.8 Å². The molecular weight excluding hydrogens is 242 g/mol. The number of nitrogens with two attached hydrogens (primary N) is 3. The number of hydrogen-bond acceptors (Lipinski definition) is 4. The number of anilines is 1. The summed E-state index contributed by atoms with van der Waals surface area (Å²) in [5.41, 5.74) is 5.96. The van der Waals surface area contributed by atoms with E-state index < -0.39 is 10.2 Å². The van der Waals surface area contributed by atoms with Gasteiger partial charge in [-0.2, -0.15) is 8.42 Å². The van der Waals surface area contributed by atoms with Crippen molar-refractivity contribution in [3.8, 4) is 5.75 Å². The Morgan fingerprint density at radius 1 is 1.00 bits per heavy atom. The molecule has 6 nitrogen and oxygen atoms in total. The van der Waals surface area contributed by atoms with Crippen LogP contribution in [0, 0.1) is 0 Å². The highest BCUT2D eigenvalue weighted by Crippen LogP contribution is 2.29.